The number of nitrogens with zero attached hydrogens (tertiary/aromatic N) is 4. The average molecular weight is 501 g/mol. The first-order valence-electron chi connectivity index (χ1n) is 10.6. The van der Waals surface area contributed by atoms with Gasteiger partial charge in [-0.3, -0.25) is 0 Å². The fraction of sp³-hybridized carbons (Fsp3) is 0.409. The molecule has 1 aliphatic carbocycles. The predicted octanol–water partition coefficient (Wildman–Crippen LogP) is 1.89. The van der Waals surface area contributed by atoms with Crippen LogP contribution in [0.4, 0.5) is 17.5 Å². The fourth-order valence-corrected chi connectivity index (χ4v) is 5.14. The van der Waals surface area contributed by atoms with E-state index >= 15 is 0 Å². The Kier molecular flexibility index (Phi) is 5.52. The summed E-state index contributed by atoms with van der Waals surface area (Å²) >= 11 is 3.41. The number of aliphatic hydroxyl groups is 2. The van der Waals surface area contributed by atoms with E-state index in [1.807, 2.05) is 23.1 Å². The molecule has 5 rings (SSSR count). The fourth-order valence-electron chi connectivity index (χ4n) is 4.80. The van der Waals surface area contributed by atoms with Gasteiger partial charge in [0.25, 0.3) is 0 Å². The maximum atomic E-state index is 10.8. The van der Waals surface area contributed by atoms with E-state index in [1.54, 1.807) is 0 Å². The number of fused-ring (bicyclic) bond motifs is 2. The van der Waals surface area contributed by atoms with Crippen LogP contribution >= 0.6 is 15.9 Å². The number of aryl methyl sites for hydroxylation is 1. The largest absolute Gasteiger partial charge is 0.485 e. The van der Waals surface area contributed by atoms with Gasteiger partial charge in [-0.15, -0.1) is 0 Å². The number of aromatic nitrogens is 3. The molecule has 3 heterocycles. The molecule has 0 amide bonds. The van der Waals surface area contributed by atoms with E-state index in [2.05, 4.69) is 36.9 Å². The second kappa shape index (κ2) is 8.34. The van der Waals surface area contributed by atoms with Gasteiger partial charge in [-0.05, 0) is 58.8 Å². The van der Waals surface area contributed by atoms with Crippen molar-refractivity contribution in [2.24, 2.45) is 5.92 Å². The highest BCUT2D eigenvalue weighted by Gasteiger charge is 2.45. The van der Waals surface area contributed by atoms with E-state index in [1.165, 1.54) is 6.33 Å². The molecule has 10 heteroatoms. The number of pyridine rings is 1. The summed E-state index contributed by atoms with van der Waals surface area (Å²) in [7, 11) is 0. The third-order valence-corrected chi connectivity index (χ3v) is 7.14. The van der Waals surface area contributed by atoms with Gasteiger partial charge in [0, 0.05) is 5.39 Å². The van der Waals surface area contributed by atoms with Crippen molar-refractivity contribution in [1.29, 1.82) is 0 Å². The lowest BCUT2D eigenvalue weighted by molar-refractivity contribution is 0.0124. The van der Waals surface area contributed by atoms with Crippen LogP contribution in [-0.2, 0) is 6.42 Å². The van der Waals surface area contributed by atoms with Crippen molar-refractivity contribution in [3.05, 3.63) is 40.6 Å². The minimum absolute atomic E-state index is 0.0425. The van der Waals surface area contributed by atoms with E-state index in [0.29, 0.717) is 37.0 Å². The van der Waals surface area contributed by atoms with Crippen molar-refractivity contribution < 1.29 is 14.9 Å². The summed E-state index contributed by atoms with van der Waals surface area (Å²) in [5, 5.41) is 22.6. The summed E-state index contributed by atoms with van der Waals surface area (Å²) in [6, 6.07) is 7.83. The number of hydrogen-bond donors (Lipinski definition) is 4. The summed E-state index contributed by atoms with van der Waals surface area (Å²) in [5.41, 5.74) is 13.8. The number of ether oxygens (including phenoxy) is 1. The lowest BCUT2D eigenvalue weighted by atomic mass is 9.95. The van der Waals surface area contributed by atoms with Crippen LogP contribution in [0.3, 0.4) is 0 Å². The van der Waals surface area contributed by atoms with Crippen LogP contribution in [0.2, 0.25) is 0 Å². The predicted molar refractivity (Wildman–Crippen MR) is 125 cm³/mol. The number of aliphatic hydroxyl groups excluding tert-OH is 2. The Balaban J connectivity index is 1.31. The van der Waals surface area contributed by atoms with E-state index in [-0.39, 0.29) is 17.8 Å². The zero-order valence-corrected chi connectivity index (χ0v) is 18.9. The molecule has 3 aromatic rings. The zero-order chi connectivity index (χ0) is 22.4. The van der Waals surface area contributed by atoms with E-state index in [0.717, 1.165) is 33.8 Å². The first-order valence-corrected chi connectivity index (χ1v) is 11.4. The van der Waals surface area contributed by atoms with Crippen molar-refractivity contribution in [3.63, 3.8) is 0 Å². The molecule has 1 aliphatic heterocycles. The Morgan fingerprint density at radius 1 is 1.12 bits per heavy atom. The summed E-state index contributed by atoms with van der Waals surface area (Å²) in [4.78, 5) is 14.7. The standard InChI is InChI=1S/C22H25BrN6O3/c23-14-8-12-3-1-11(7-15(12)28-20(14)24)2-4-13-9-16(18(31)17(13)30)29-5-6-32-19-21(25)26-10-27-22(19)29/h1,3,7-8,10,13,16-18,30-31H,2,4-6,9H2,(H2,24,28)(H2,25,26,27)/t13-,16+,17+,18-/m0/s1. The van der Waals surface area contributed by atoms with Crippen LogP contribution in [-0.4, -0.2) is 56.6 Å². The lowest BCUT2D eigenvalue weighted by Crippen LogP contribution is -2.47. The molecule has 6 N–H and O–H groups in total. The van der Waals surface area contributed by atoms with Crippen LogP contribution in [0, 0.1) is 5.92 Å². The Morgan fingerprint density at radius 3 is 2.81 bits per heavy atom. The molecule has 0 unspecified atom stereocenters. The Morgan fingerprint density at radius 2 is 1.97 bits per heavy atom. The molecule has 0 spiro atoms. The van der Waals surface area contributed by atoms with Gasteiger partial charge in [0.05, 0.1) is 28.7 Å². The number of rotatable bonds is 4. The van der Waals surface area contributed by atoms with Crippen LogP contribution in [0.5, 0.6) is 5.75 Å². The number of benzene rings is 1. The summed E-state index contributed by atoms with van der Waals surface area (Å²) < 4.78 is 6.42. The minimum Gasteiger partial charge on any atom is -0.485 e. The normalized spacial score (nSPS) is 25.0. The van der Waals surface area contributed by atoms with Crippen molar-refractivity contribution in [2.45, 2.75) is 37.5 Å². The highest BCUT2D eigenvalue weighted by Crippen LogP contribution is 2.40. The van der Waals surface area contributed by atoms with Crippen molar-refractivity contribution in [3.8, 4) is 5.75 Å². The van der Waals surface area contributed by atoms with Gasteiger partial charge < -0.3 is 31.3 Å². The third-order valence-electron chi connectivity index (χ3n) is 6.50. The summed E-state index contributed by atoms with van der Waals surface area (Å²) in [5.74, 6) is 1.71. The van der Waals surface area contributed by atoms with Gasteiger partial charge in [-0.25, -0.2) is 15.0 Å². The minimum atomic E-state index is -0.877. The van der Waals surface area contributed by atoms with Gasteiger partial charge >= 0.3 is 0 Å². The van der Waals surface area contributed by atoms with Crippen LogP contribution < -0.4 is 21.1 Å². The molecule has 0 saturated heterocycles. The summed E-state index contributed by atoms with van der Waals surface area (Å²) in [6.45, 7) is 0.996. The number of nitrogen functional groups attached to an aromatic ring is 2. The second-order valence-corrected chi connectivity index (χ2v) is 9.27. The number of nitrogens with two attached hydrogens (primary N) is 2. The van der Waals surface area contributed by atoms with Gasteiger partial charge in [0.2, 0.25) is 5.75 Å². The monoisotopic (exact) mass is 500 g/mol. The van der Waals surface area contributed by atoms with Gasteiger partial charge in [0.1, 0.15) is 24.9 Å². The van der Waals surface area contributed by atoms with E-state index in [4.69, 9.17) is 16.2 Å². The zero-order valence-electron chi connectivity index (χ0n) is 17.4. The molecular formula is C22H25BrN6O3. The topological polar surface area (TPSA) is 144 Å². The molecule has 1 aromatic carbocycles. The summed E-state index contributed by atoms with van der Waals surface area (Å²) in [6.07, 6.45) is 1.87. The Labute approximate surface area is 193 Å². The van der Waals surface area contributed by atoms with Gasteiger partial charge in [-0.1, -0.05) is 12.1 Å². The maximum Gasteiger partial charge on any atom is 0.204 e. The first kappa shape index (κ1) is 21.2. The number of hydrogen-bond acceptors (Lipinski definition) is 9. The molecule has 4 atom stereocenters. The first-order chi connectivity index (χ1) is 15.4. The third kappa shape index (κ3) is 3.72. The van der Waals surface area contributed by atoms with Crippen LogP contribution in [0.1, 0.15) is 18.4 Å². The molecule has 2 aromatic heterocycles. The SMILES string of the molecule is Nc1nc2cc(CC[C@H]3C[C@@H](N4CCOc5c(N)ncnc54)[C@H](O)[C@@H]3O)ccc2cc1Br. The molecule has 1 fully saturated rings. The number of anilines is 3. The second-order valence-electron chi connectivity index (χ2n) is 8.42. The molecule has 168 valence electrons. The molecule has 2 aliphatic rings. The Bertz CT molecular complexity index is 1160. The highest BCUT2D eigenvalue weighted by molar-refractivity contribution is 9.10. The molecular weight excluding hydrogens is 476 g/mol. The molecule has 9 nitrogen and oxygen atoms in total. The van der Waals surface area contributed by atoms with Crippen LogP contribution in [0.15, 0.2) is 35.1 Å². The van der Waals surface area contributed by atoms with Crippen molar-refractivity contribution in [1.82, 2.24) is 15.0 Å². The van der Waals surface area contributed by atoms with E-state index < -0.39 is 12.2 Å². The van der Waals surface area contributed by atoms with E-state index in [9.17, 15) is 10.2 Å². The molecule has 0 bridgehead atoms. The molecule has 0 radical (unpaired) electrons. The van der Waals surface area contributed by atoms with Crippen molar-refractivity contribution in [2.75, 3.05) is 29.5 Å². The highest BCUT2D eigenvalue weighted by atomic mass is 79.9. The van der Waals surface area contributed by atoms with Gasteiger partial charge in [-0.2, -0.15) is 0 Å². The van der Waals surface area contributed by atoms with Crippen LogP contribution in [0.25, 0.3) is 10.9 Å². The maximum absolute atomic E-state index is 10.8. The van der Waals surface area contributed by atoms with Gasteiger partial charge in [0.15, 0.2) is 11.6 Å². The molecule has 32 heavy (non-hydrogen) atoms. The lowest BCUT2D eigenvalue weighted by Gasteiger charge is -2.36. The Hall–Kier alpha value is -2.69. The smallest absolute Gasteiger partial charge is 0.204 e. The average Bonchev–Trinajstić information content (AvgIpc) is 3.07. The quantitative estimate of drug-likeness (QED) is 0.421. The number of halogens is 1. The van der Waals surface area contributed by atoms with Crippen molar-refractivity contribution >= 4 is 44.3 Å². The molecule has 1 saturated carbocycles.